The van der Waals surface area contributed by atoms with Crippen LogP contribution in [-0.2, 0) is 28.8 Å². The second-order valence-corrected chi connectivity index (χ2v) is 13.1. The van der Waals surface area contributed by atoms with E-state index >= 15 is 0 Å². The van der Waals surface area contributed by atoms with Crippen molar-refractivity contribution in [3.05, 3.63) is 0 Å². The van der Waals surface area contributed by atoms with E-state index in [0.717, 1.165) is 44.9 Å². The molecule has 0 aliphatic carbocycles. The third-order valence-corrected chi connectivity index (χ3v) is 8.92. The summed E-state index contributed by atoms with van der Waals surface area (Å²) in [6.45, 7) is 4.37. The van der Waals surface area contributed by atoms with E-state index in [1.54, 1.807) is 0 Å². The Balaban J connectivity index is 4.51. The van der Waals surface area contributed by atoms with Crippen molar-refractivity contribution in [2.75, 3.05) is 0 Å². The van der Waals surface area contributed by atoms with Gasteiger partial charge in [0.25, 0.3) is 0 Å². The van der Waals surface area contributed by atoms with Crippen molar-refractivity contribution in [3.8, 4) is 0 Å². The van der Waals surface area contributed by atoms with Gasteiger partial charge >= 0.3 is 17.9 Å². The molecule has 272 valence electrons. The van der Waals surface area contributed by atoms with Crippen molar-refractivity contribution < 1.29 is 44.1 Å². The molecule has 3 atom stereocenters. The fourth-order valence-corrected chi connectivity index (χ4v) is 5.92. The first kappa shape index (κ1) is 44.2. The summed E-state index contributed by atoms with van der Waals surface area (Å²) in [6, 6.07) is -1.43. The molecule has 4 N–H and O–H groups in total. The lowest BCUT2D eigenvalue weighted by molar-refractivity contribution is -0.153. The zero-order valence-electron chi connectivity index (χ0n) is 29.4. The highest BCUT2D eigenvalue weighted by atomic mass is 16.4. The molecule has 0 fully saturated rings. The number of ketones is 2. The van der Waals surface area contributed by atoms with E-state index in [4.69, 9.17) is 0 Å². The molecule has 0 spiro atoms. The highest BCUT2D eigenvalue weighted by Crippen LogP contribution is 2.18. The summed E-state index contributed by atoms with van der Waals surface area (Å²) >= 11 is 0. The molecule has 0 aliphatic heterocycles. The van der Waals surface area contributed by atoms with Gasteiger partial charge in [0.2, 0.25) is 5.91 Å². The standard InChI is InChI=1S/C37H65NO9/c1-3-5-7-9-11-13-15-17-19-21-27-31(39)29(35(42)43)25-23-24-26-30(36(44)45)38-34(41)33(37(46)47)32(40)28-22-20-18-16-14-12-10-8-6-4-2/h29-30,33H,3-28H2,1-2H3,(H,38,41)(H,42,43)(H,44,45)(H,46,47). The summed E-state index contributed by atoms with van der Waals surface area (Å²) in [7, 11) is 0. The molecule has 0 bridgehead atoms. The highest BCUT2D eigenvalue weighted by Gasteiger charge is 2.35. The van der Waals surface area contributed by atoms with E-state index < -0.39 is 47.5 Å². The summed E-state index contributed by atoms with van der Waals surface area (Å²) in [6.07, 6.45) is 22.1. The van der Waals surface area contributed by atoms with Gasteiger partial charge in [-0.2, -0.15) is 0 Å². The molecule has 10 heteroatoms. The second kappa shape index (κ2) is 29.4. The number of unbranched alkanes of at least 4 members (excludes halogenated alkanes) is 19. The molecule has 3 unspecified atom stereocenters. The van der Waals surface area contributed by atoms with E-state index in [1.807, 2.05) is 0 Å². The van der Waals surface area contributed by atoms with Crippen molar-refractivity contribution in [3.63, 3.8) is 0 Å². The average Bonchev–Trinajstić information content (AvgIpc) is 3.01. The fraction of sp³-hybridized carbons (Fsp3) is 0.838. The Morgan fingerprint density at radius 3 is 1.21 bits per heavy atom. The number of nitrogens with one attached hydrogen (secondary N) is 1. The van der Waals surface area contributed by atoms with Crippen molar-refractivity contribution >= 4 is 35.4 Å². The molecule has 0 rings (SSSR count). The van der Waals surface area contributed by atoms with Crippen molar-refractivity contribution in [2.24, 2.45) is 11.8 Å². The normalized spacial score (nSPS) is 13.1. The SMILES string of the molecule is CCCCCCCCCCCCC(=O)C(CCCCC(NC(=O)C(C(=O)O)C(=O)CCCCCCCCCCCC)C(=O)O)C(=O)O. The number of carbonyl (C=O) groups excluding carboxylic acids is 3. The maximum absolute atomic E-state index is 12.7. The van der Waals surface area contributed by atoms with Crippen molar-refractivity contribution in [1.29, 1.82) is 0 Å². The van der Waals surface area contributed by atoms with Gasteiger partial charge in [-0.1, -0.05) is 142 Å². The minimum atomic E-state index is -1.98. The third kappa shape index (κ3) is 23.2. The largest absolute Gasteiger partial charge is 0.481 e. The monoisotopic (exact) mass is 667 g/mol. The first-order valence-corrected chi connectivity index (χ1v) is 18.6. The first-order valence-electron chi connectivity index (χ1n) is 18.6. The third-order valence-electron chi connectivity index (χ3n) is 8.92. The Morgan fingerprint density at radius 1 is 0.447 bits per heavy atom. The molecular formula is C37H65NO9. The number of rotatable bonds is 34. The number of carboxylic acids is 3. The van der Waals surface area contributed by atoms with Gasteiger partial charge in [0.15, 0.2) is 11.7 Å². The van der Waals surface area contributed by atoms with Crippen LogP contribution < -0.4 is 5.32 Å². The Bertz CT molecular complexity index is 904. The van der Waals surface area contributed by atoms with Crippen LogP contribution in [0.4, 0.5) is 0 Å². The van der Waals surface area contributed by atoms with Crippen LogP contribution in [0.1, 0.15) is 181 Å². The van der Waals surface area contributed by atoms with E-state index in [2.05, 4.69) is 19.2 Å². The van der Waals surface area contributed by atoms with Gasteiger partial charge in [0, 0.05) is 12.8 Å². The zero-order chi connectivity index (χ0) is 35.3. The van der Waals surface area contributed by atoms with Crippen molar-refractivity contribution in [2.45, 2.75) is 187 Å². The molecule has 0 aliphatic rings. The zero-order valence-corrected chi connectivity index (χ0v) is 29.4. The Hall–Kier alpha value is -2.78. The summed E-state index contributed by atoms with van der Waals surface area (Å²) in [5.41, 5.74) is 0. The summed E-state index contributed by atoms with van der Waals surface area (Å²) in [5.74, 6) is -9.56. The molecule has 0 saturated heterocycles. The van der Waals surface area contributed by atoms with Crippen LogP contribution in [0.3, 0.4) is 0 Å². The molecular weight excluding hydrogens is 602 g/mol. The van der Waals surface area contributed by atoms with Crippen LogP contribution in [0.15, 0.2) is 0 Å². The maximum Gasteiger partial charge on any atom is 0.326 e. The average molecular weight is 668 g/mol. The Morgan fingerprint density at radius 2 is 0.830 bits per heavy atom. The number of hydrogen-bond donors (Lipinski definition) is 4. The minimum absolute atomic E-state index is 0.0569. The van der Waals surface area contributed by atoms with Gasteiger partial charge < -0.3 is 20.6 Å². The number of amides is 1. The number of carbonyl (C=O) groups is 6. The van der Waals surface area contributed by atoms with E-state index in [9.17, 15) is 44.1 Å². The number of aliphatic carboxylic acids is 3. The van der Waals surface area contributed by atoms with E-state index in [0.29, 0.717) is 12.8 Å². The number of hydrogen-bond acceptors (Lipinski definition) is 6. The van der Waals surface area contributed by atoms with Gasteiger partial charge in [-0.25, -0.2) is 4.79 Å². The smallest absolute Gasteiger partial charge is 0.326 e. The summed E-state index contributed by atoms with van der Waals surface area (Å²) < 4.78 is 0. The van der Waals surface area contributed by atoms with Gasteiger partial charge in [0.05, 0.1) is 0 Å². The van der Waals surface area contributed by atoms with Crippen LogP contribution in [0.25, 0.3) is 0 Å². The van der Waals surface area contributed by atoms with E-state index in [-0.39, 0.29) is 44.3 Å². The molecule has 10 nitrogen and oxygen atoms in total. The van der Waals surface area contributed by atoms with Crippen LogP contribution >= 0.6 is 0 Å². The molecule has 1 amide bonds. The Labute approximate surface area is 283 Å². The summed E-state index contributed by atoms with van der Waals surface area (Å²) in [4.78, 5) is 73.1. The summed E-state index contributed by atoms with van der Waals surface area (Å²) in [5, 5.41) is 30.9. The first-order chi connectivity index (χ1) is 22.6. The second-order valence-electron chi connectivity index (χ2n) is 13.1. The van der Waals surface area contributed by atoms with Crippen LogP contribution in [0.5, 0.6) is 0 Å². The molecule has 47 heavy (non-hydrogen) atoms. The predicted molar refractivity (Wildman–Crippen MR) is 183 cm³/mol. The molecule has 0 radical (unpaired) electrons. The fourth-order valence-electron chi connectivity index (χ4n) is 5.92. The topological polar surface area (TPSA) is 175 Å². The highest BCUT2D eigenvalue weighted by molar-refractivity contribution is 6.16. The van der Waals surface area contributed by atoms with Crippen LogP contribution in [-0.4, -0.2) is 56.7 Å². The number of carboxylic acid groups (broad SMARTS) is 3. The van der Waals surface area contributed by atoms with Crippen LogP contribution in [0.2, 0.25) is 0 Å². The molecule has 0 aromatic heterocycles. The lowest BCUT2D eigenvalue weighted by atomic mass is 9.92. The van der Waals surface area contributed by atoms with Gasteiger partial charge in [-0.05, 0) is 25.7 Å². The lowest BCUT2D eigenvalue weighted by Gasteiger charge is -2.18. The van der Waals surface area contributed by atoms with Gasteiger partial charge in [-0.15, -0.1) is 0 Å². The van der Waals surface area contributed by atoms with Gasteiger partial charge in [0.1, 0.15) is 17.7 Å². The minimum Gasteiger partial charge on any atom is -0.481 e. The number of Topliss-reactive ketones (excluding diaryl/α,β-unsaturated/α-hetero) is 2. The van der Waals surface area contributed by atoms with E-state index in [1.165, 1.54) is 70.6 Å². The lowest BCUT2D eigenvalue weighted by Crippen LogP contribution is -2.47. The molecule has 0 saturated carbocycles. The molecule has 0 aromatic carbocycles. The van der Waals surface area contributed by atoms with Crippen molar-refractivity contribution in [1.82, 2.24) is 5.32 Å². The molecule has 0 aromatic rings. The quantitative estimate of drug-likeness (QED) is 0.0389. The van der Waals surface area contributed by atoms with Gasteiger partial charge in [-0.3, -0.25) is 24.0 Å². The maximum atomic E-state index is 12.7. The molecule has 0 heterocycles. The Kier molecular flexibility index (Phi) is 27.6. The van der Waals surface area contributed by atoms with Crippen LogP contribution in [0, 0.1) is 11.8 Å². The predicted octanol–water partition coefficient (Wildman–Crippen LogP) is 8.28.